The number of rotatable bonds is 7. The van der Waals surface area contributed by atoms with Crippen LogP contribution in [0.2, 0.25) is 0 Å². The third kappa shape index (κ3) is 6.31. The van der Waals surface area contributed by atoms with Crippen LogP contribution in [0.5, 0.6) is 0 Å². The highest BCUT2D eigenvalue weighted by molar-refractivity contribution is 5.81. The van der Waals surface area contributed by atoms with Crippen LogP contribution in [-0.4, -0.2) is 78.9 Å². The van der Waals surface area contributed by atoms with Gasteiger partial charge in [-0.05, 0) is 49.1 Å². The fraction of sp³-hybridized carbons (Fsp3) is 0.500. The molecular weight excluding hydrogens is 421 g/mol. The van der Waals surface area contributed by atoms with Crippen molar-refractivity contribution in [2.75, 3.05) is 44.7 Å². The van der Waals surface area contributed by atoms with Gasteiger partial charge in [-0.2, -0.15) is 0 Å². The van der Waals surface area contributed by atoms with E-state index in [0.717, 1.165) is 56.8 Å². The van der Waals surface area contributed by atoms with Crippen molar-refractivity contribution in [2.45, 2.75) is 44.1 Å². The monoisotopic (exact) mass is 455 g/mol. The van der Waals surface area contributed by atoms with E-state index in [0.29, 0.717) is 13.0 Å². The Kier molecular flexibility index (Phi) is 7.96. The zero-order valence-electron chi connectivity index (χ0n) is 19.3. The smallest absolute Gasteiger partial charge is 0.254 e. The Labute approximate surface area is 195 Å². The molecule has 2 fully saturated rings. The molecule has 0 radical (unpaired) electrons. The lowest BCUT2D eigenvalue weighted by Crippen LogP contribution is -2.50. The van der Waals surface area contributed by atoms with Crippen molar-refractivity contribution in [3.05, 3.63) is 66.0 Å². The maximum Gasteiger partial charge on any atom is 0.254 e. The molecule has 178 valence electrons. The van der Waals surface area contributed by atoms with E-state index < -0.39 is 12.2 Å². The highest BCUT2D eigenvalue weighted by Crippen LogP contribution is 2.24. The molecule has 7 heteroatoms. The lowest BCUT2D eigenvalue weighted by Gasteiger charge is -2.38. The number of benzene rings is 2. The third-order valence-corrected chi connectivity index (χ3v) is 6.69. The molecule has 6 nitrogen and oxygen atoms in total. The van der Waals surface area contributed by atoms with Crippen LogP contribution in [0, 0.1) is 5.82 Å². The Morgan fingerprint density at radius 1 is 1.06 bits per heavy atom. The topological polar surface area (TPSA) is 56.2 Å². The molecule has 0 saturated carbocycles. The molecule has 1 amide bonds. The van der Waals surface area contributed by atoms with Crippen LogP contribution < -0.4 is 4.90 Å². The summed E-state index contributed by atoms with van der Waals surface area (Å²) in [4.78, 5) is 19.3. The molecule has 0 aliphatic carbocycles. The molecule has 2 saturated heterocycles. The van der Waals surface area contributed by atoms with Gasteiger partial charge in [-0.3, -0.25) is 9.69 Å². The van der Waals surface area contributed by atoms with Gasteiger partial charge >= 0.3 is 0 Å². The molecule has 2 aliphatic heterocycles. The third-order valence-electron chi connectivity index (χ3n) is 6.69. The molecule has 2 aromatic carbocycles. The summed E-state index contributed by atoms with van der Waals surface area (Å²) in [6.07, 6.45) is 0.610. The predicted octanol–water partition coefficient (Wildman–Crippen LogP) is 2.90. The Bertz CT molecular complexity index is 887. The van der Waals surface area contributed by atoms with Crippen molar-refractivity contribution in [2.24, 2.45) is 0 Å². The molecule has 2 aliphatic rings. The lowest BCUT2D eigenvalue weighted by atomic mass is 9.98. The van der Waals surface area contributed by atoms with Crippen LogP contribution in [0.1, 0.15) is 24.8 Å². The quantitative estimate of drug-likeness (QED) is 0.696. The van der Waals surface area contributed by atoms with Gasteiger partial charge in [0.1, 0.15) is 5.82 Å². The molecule has 0 unspecified atom stereocenters. The fourth-order valence-corrected chi connectivity index (χ4v) is 4.67. The van der Waals surface area contributed by atoms with Crippen molar-refractivity contribution in [1.29, 1.82) is 0 Å². The SMILES string of the molecule is CN(Cc1ccccc1)C(=O)[C@@H]1O[C@H](CCN2CCN(c3ccc(F)cc3)CC2)CC[C@@H]1O. The highest BCUT2D eigenvalue weighted by Gasteiger charge is 2.36. The number of piperazine rings is 1. The van der Waals surface area contributed by atoms with Crippen molar-refractivity contribution >= 4 is 11.6 Å². The number of carbonyl (C=O) groups excluding carboxylic acids is 1. The van der Waals surface area contributed by atoms with Crippen LogP contribution in [0.25, 0.3) is 0 Å². The van der Waals surface area contributed by atoms with Gasteiger partial charge in [0.05, 0.1) is 12.2 Å². The second-order valence-electron chi connectivity index (χ2n) is 9.10. The fourth-order valence-electron chi connectivity index (χ4n) is 4.67. The second-order valence-corrected chi connectivity index (χ2v) is 9.10. The van der Waals surface area contributed by atoms with Crippen molar-refractivity contribution in [3.63, 3.8) is 0 Å². The molecule has 0 aromatic heterocycles. The number of amides is 1. The summed E-state index contributed by atoms with van der Waals surface area (Å²) in [6.45, 7) is 5.08. The molecule has 2 heterocycles. The molecule has 2 aromatic rings. The van der Waals surface area contributed by atoms with E-state index in [1.807, 2.05) is 42.5 Å². The highest BCUT2D eigenvalue weighted by atomic mass is 19.1. The summed E-state index contributed by atoms with van der Waals surface area (Å²) < 4.78 is 19.3. The van der Waals surface area contributed by atoms with Gasteiger partial charge in [0.25, 0.3) is 5.91 Å². The largest absolute Gasteiger partial charge is 0.390 e. The number of anilines is 1. The van der Waals surface area contributed by atoms with E-state index in [4.69, 9.17) is 4.74 Å². The number of carbonyl (C=O) groups is 1. The molecule has 33 heavy (non-hydrogen) atoms. The molecule has 1 N–H and O–H groups in total. The number of hydrogen-bond acceptors (Lipinski definition) is 5. The van der Waals surface area contributed by atoms with Crippen LogP contribution in [0.3, 0.4) is 0 Å². The lowest BCUT2D eigenvalue weighted by molar-refractivity contribution is -0.167. The molecular formula is C26H34FN3O3. The molecule has 3 atom stereocenters. The number of halogens is 1. The van der Waals surface area contributed by atoms with Gasteiger partial charge in [0.15, 0.2) is 6.10 Å². The van der Waals surface area contributed by atoms with Gasteiger partial charge in [-0.1, -0.05) is 30.3 Å². The zero-order valence-corrected chi connectivity index (χ0v) is 19.3. The Morgan fingerprint density at radius 3 is 2.45 bits per heavy atom. The first-order valence-corrected chi connectivity index (χ1v) is 11.8. The number of nitrogens with zero attached hydrogens (tertiary/aromatic N) is 3. The van der Waals surface area contributed by atoms with Crippen LogP contribution in [0.15, 0.2) is 54.6 Å². The summed E-state index contributed by atoms with van der Waals surface area (Å²) in [5.74, 6) is -0.373. The number of aliphatic hydroxyl groups is 1. The van der Waals surface area contributed by atoms with Gasteiger partial charge in [-0.15, -0.1) is 0 Å². The second kappa shape index (κ2) is 11.1. The van der Waals surface area contributed by atoms with Crippen LogP contribution in [-0.2, 0) is 16.1 Å². The van der Waals surface area contributed by atoms with E-state index in [9.17, 15) is 14.3 Å². The maximum atomic E-state index is 13.2. The first kappa shape index (κ1) is 23.7. The number of ether oxygens (including phenoxy) is 1. The number of likely N-dealkylation sites (N-methyl/N-ethyl adjacent to an activating group) is 1. The van der Waals surface area contributed by atoms with Crippen LogP contribution >= 0.6 is 0 Å². The van der Waals surface area contributed by atoms with E-state index in [1.165, 1.54) is 12.1 Å². The summed E-state index contributed by atoms with van der Waals surface area (Å²) in [7, 11) is 1.76. The minimum atomic E-state index is -0.798. The summed E-state index contributed by atoms with van der Waals surface area (Å²) >= 11 is 0. The minimum Gasteiger partial charge on any atom is -0.390 e. The van der Waals surface area contributed by atoms with E-state index in [2.05, 4.69) is 9.80 Å². The average Bonchev–Trinajstić information content (AvgIpc) is 2.84. The number of hydrogen-bond donors (Lipinski definition) is 1. The van der Waals surface area contributed by atoms with Gasteiger partial charge < -0.3 is 19.6 Å². The van der Waals surface area contributed by atoms with E-state index >= 15 is 0 Å². The van der Waals surface area contributed by atoms with E-state index in [1.54, 1.807) is 11.9 Å². The molecule has 0 bridgehead atoms. The number of aliphatic hydroxyl groups excluding tert-OH is 1. The van der Waals surface area contributed by atoms with Crippen LogP contribution in [0.4, 0.5) is 10.1 Å². The average molecular weight is 456 g/mol. The minimum absolute atomic E-state index is 0.0254. The van der Waals surface area contributed by atoms with Gasteiger partial charge in [-0.25, -0.2) is 4.39 Å². The predicted molar refractivity (Wildman–Crippen MR) is 126 cm³/mol. The molecule has 0 spiro atoms. The maximum absolute atomic E-state index is 13.2. The standard InChI is InChI=1S/C26H34FN3O3/c1-28(19-20-5-3-2-4-6-20)26(32)25-24(31)12-11-23(33-25)13-14-29-15-17-30(18-16-29)22-9-7-21(27)8-10-22/h2-10,23-25,31H,11-19H2,1H3/t23-,24-,25+/m0/s1. The first-order chi connectivity index (χ1) is 16.0. The zero-order chi connectivity index (χ0) is 23.2. The Hall–Kier alpha value is -2.48. The summed E-state index contributed by atoms with van der Waals surface area (Å²) in [5, 5.41) is 10.4. The summed E-state index contributed by atoms with van der Waals surface area (Å²) in [6, 6.07) is 16.5. The molecule has 4 rings (SSSR count). The Morgan fingerprint density at radius 2 is 1.76 bits per heavy atom. The van der Waals surface area contributed by atoms with E-state index in [-0.39, 0.29) is 17.8 Å². The van der Waals surface area contributed by atoms with Crippen molar-refractivity contribution in [3.8, 4) is 0 Å². The normalized spacial score (nSPS) is 24.0. The van der Waals surface area contributed by atoms with Crippen molar-refractivity contribution < 1.29 is 19.0 Å². The van der Waals surface area contributed by atoms with Gasteiger partial charge in [0, 0.05) is 52.0 Å². The van der Waals surface area contributed by atoms with Crippen molar-refractivity contribution in [1.82, 2.24) is 9.80 Å². The summed E-state index contributed by atoms with van der Waals surface area (Å²) in [5.41, 5.74) is 2.11. The van der Waals surface area contributed by atoms with Gasteiger partial charge in [0.2, 0.25) is 0 Å². The Balaban J connectivity index is 1.23. The first-order valence-electron chi connectivity index (χ1n) is 11.8.